The van der Waals surface area contributed by atoms with Crippen molar-refractivity contribution in [1.29, 1.82) is 0 Å². The highest BCUT2D eigenvalue weighted by Crippen LogP contribution is 2.77. The lowest BCUT2D eigenvalue weighted by molar-refractivity contribution is -0.232. The fourth-order valence-electron chi connectivity index (χ4n) is 14.1. The summed E-state index contributed by atoms with van der Waals surface area (Å²) < 4.78 is 15.6. The largest absolute Gasteiger partial charge is 0.501 e. The van der Waals surface area contributed by atoms with E-state index in [2.05, 4.69) is 78.7 Å². The molecule has 10 heteroatoms. The molecule has 0 radical (unpaired) electrons. The zero-order chi connectivity index (χ0) is 44.5. The second-order valence-corrected chi connectivity index (χ2v) is 22.0. The van der Waals surface area contributed by atoms with Gasteiger partial charge < -0.3 is 24.6 Å². The molecule has 0 aliphatic heterocycles. The number of aliphatic hydroxyl groups is 1. The average Bonchev–Trinajstić information content (AvgIpc) is 3.65. The molecule has 2 N–H and O–H groups in total. The van der Waals surface area contributed by atoms with Gasteiger partial charge in [-0.3, -0.25) is 19.1 Å². The minimum Gasteiger partial charge on any atom is -0.501 e. The van der Waals surface area contributed by atoms with E-state index in [4.69, 9.17) is 9.47 Å². The summed E-state index contributed by atoms with van der Waals surface area (Å²) in [5, 5.41) is 21.9. The molecule has 1 aromatic rings. The van der Waals surface area contributed by atoms with Crippen LogP contribution in [0.15, 0.2) is 52.6 Å². The molecular weight excluding hydrogens is 755 g/mol. The van der Waals surface area contributed by atoms with Gasteiger partial charge in [0.1, 0.15) is 6.10 Å². The van der Waals surface area contributed by atoms with Crippen LogP contribution in [0.3, 0.4) is 0 Å². The first-order valence-electron chi connectivity index (χ1n) is 22.7. The van der Waals surface area contributed by atoms with Crippen LogP contribution in [0, 0.1) is 50.7 Å². The molecule has 0 amide bonds. The van der Waals surface area contributed by atoms with Crippen molar-refractivity contribution in [2.75, 3.05) is 27.7 Å². The lowest BCUT2D eigenvalue weighted by atomic mass is 9.33. The molecule has 10 nitrogen and oxygen atoms in total. The Bertz CT molecular complexity index is 2010. The Labute approximate surface area is 360 Å². The maximum absolute atomic E-state index is 14.4. The normalized spacial score (nSPS) is 35.4. The number of aliphatic carboxylic acids is 1. The summed E-state index contributed by atoms with van der Waals surface area (Å²) in [5.74, 6) is 0.552. The van der Waals surface area contributed by atoms with Gasteiger partial charge in [-0.15, -0.1) is 0 Å². The number of carbonyl (C=O) groups excluding carboxylic acids is 1. The number of carboxylic acid groups (broad SMARTS) is 1. The van der Waals surface area contributed by atoms with E-state index < -0.39 is 28.9 Å². The number of hydrogen-bond acceptors (Lipinski definition) is 7. The maximum Gasteiger partial charge on any atom is 0.309 e. The van der Waals surface area contributed by atoms with Gasteiger partial charge in [0.15, 0.2) is 0 Å². The summed E-state index contributed by atoms with van der Waals surface area (Å²) in [5.41, 5.74) is 2.30. The summed E-state index contributed by atoms with van der Waals surface area (Å²) in [7, 11) is 5.76. The summed E-state index contributed by atoms with van der Waals surface area (Å²) in [6, 6.07) is 1.87. The van der Waals surface area contributed by atoms with Crippen molar-refractivity contribution in [1.82, 2.24) is 14.3 Å². The van der Waals surface area contributed by atoms with Crippen molar-refractivity contribution in [2.24, 2.45) is 50.7 Å². The van der Waals surface area contributed by atoms with E-state index in [0.29, 0.717) is 30.5 Å². The van der Waals surface area contributed by atoms with Gasteiger partial charge in [-0.25, -0.2) is 4.68 Å². The molecule has 0 saturated heterocycles. The molecule has 60 heavy (non-hydrogen) atoms. The number of aromatic nitrogens is 2. The van der Waals surface area contributed by atoms with Crippen LogP contribution in [0.25, 0.3) is 5.70 Å². The van der Waals surface area contributed by atoms with Gasteiger partial charge in [-0.2, -0.15) is 0 Å². The second kappa shape index (κ2) is 16.1. The molecule has 0 spiro atoms. The lowest BCUT2D eigenvalue weighted by Gasteiger charge is -2.72. The van der Waals surface area contributed by atoms with Crippen LogP contribution in [0.4, 0.5) is 0 Å². The quantitative estimate of drug-likeness (QED) is 0.0874. The highest BCUT2D eigenvalue weighted by atomic mass is 16.5. The Kier molecular flexibility index (Phi) is 12.4. The Morgan fingerprint density at radius 2 is 1.68 bits per heavy atom. The van der Waals surface area contributed by atoms with Crippen LogP contribution in [0.5, 0.6) is 0 Å². The third kappa shape index (κ3) is 7.21. The van der Waals surface area contributed by atoms with E-state index in [9.17, 15) is 24.6 Å². The number of allylic oxidation sites excluding steroid dienone is 6. The molecule has 4 fully saturated rings. The second-order valence-electron chi connectivity index (χ2n) is 22.0. The van der Waals surface area contributed by atoms with Crippen LogP contribution in [-0.2, 0) is 31.0 Å². The average molecular weight is 832 g/mol. The number of esters is 1. The topological polar surface area (TPSA) is 123 Å². The van der Waals surface area contributed by atoms with E-state index in [-0.39, 0.29) is 51.6 Å². The van der Waals surface area contributed by atoms with Gasteiger partial charge in [0.25, 0.3) is 5.56 Å². The first-order valence-corrected chi connectivity index (χ1v) is 22.7. The molecule has 5 aliphatic carbocycles. The molecular formula is C50H77N3O7. The number of carboxylic acids is 1. The number of aliphatic hydroxyl groups excluding tert-OH is 1. The Morgan fingerprint density at radius 1 is 1.00 bits per heavy atom. The third-order valence-corrected chi connectivity index (χ3v) is 17.5. The van der Waals surface area contributed by atoms with Crippen LogP contribution >= 0.6 is 0 Å². The highest BCUT2D eigenvalue weighted by Gasteiger charge is 2.70. The first-order chi connectivity index (χ1) is 27.9. The van der Waals surface area contributed by atoms with Crippen molar-refractivity contribution in [2.45, 2.75) is 158 Å². The Balaban J connectivity index is 1.41. The number of carbonyl (C=O) groups is 2. The van der Waals surface area contributed by atoms with E-state index in [1.54, 1.807) is 31.7 Å². The van der Waals surface area contributed by atoms with Crippen LogP contribution in [0.2, 0.25) is 0 Å². The van der Waals surface area contributed by atoms with Crippen molar-refractivity contribution in [3.8, 4) is 0 Å². The van der Waals surface area contributed by atoms with Crippen molar-refractivity contribution < 1.29 is 29.3 Å². The first kappa shape index (κ1) is 46.1. The van der Waals surface area contributed by atoms with Gasteiger partial charge in [-0.05, 0) is 156 Å². The van der Waals surface area contributed by atoms with Crippen molar-refractivity contribution in [3.63, 3.8) is 0 Å². The van der Waals surface area contributed by atoms with Crippen LogP contribution in [-0.4, -0.2) is 76.4 Å². The molecule has 6 rings (SSSR count). The van der Waals surface area contributed by atoms with E-state index in [1.165, 1.54) is 11.1 Å². The Hall–Kier alpha value is -3.37. The number of ether oxygens (including phenoxy) is 2. The fraction of sp³-hybridized carbons (Fsp3) is 0.740. The monoisotopic (exact) mass is 832 g/mol. The predicted molar refractivity (Wildman–Crippen MR) is 238 cm³/mol. The number of nitrogens with zero attached hydrogens (tertiary/aromatic N) is 3. The number of rotatable bonds is 13. The molecule has 4 saturated carbocycles. The summed E-state index contributed by atoms with van der Waals surface area (Å²) >= 11 is 0. The molecule has 2 unspecified atom stereocenters. The van der Waals surface area contributed by atoms with Crippen LogP contribution < -0.4 is 5.56 Å². The van der Waals surface area contributed by atoms with Crippen molar-refractivity contribution >= 4 is 17.6 Å². The number of hydrogen-bond donors (Lipinski definition) is 2. The SMILES string of the molecule is C=C/C(=C\C=C(/C)OC)n1c(=O)cc([C@@]23CC[C@]4(C)C(CC[C@H]5C4(C)CC[C@H]4C(C)(C)[C@@H](OC(=O)CC(C)(C)C(=O)O)CC[C@@]45C)C2=C(C(C)C)[C@@H](O)C3)n1CCN(C)C. The minimum absolute atomic E-state index is 0.0296. The summed E-state index contributed by atoms with van der Waals surface area (Å²) in [6.07, 6.45) is 13.0. The molecule has 0 bridgehead atoms. The summed E-state index contributed by atoms with van der Waals surface area (Å²) in [4.78, 5) is 41.6. The van der Waals surface area contributed by atoms with Gasteiger partial charge >= 0.3 is 11.9 Å². The van der Waals surface area contributed by atoms with Crippen LogP contribution in [0.1, 0.15) is 139 Å². The van der Waals surface area contributed by atoms with Gasteiger partial charge in [-0.1, -0.05) is 60.6 Å². The zero-order valence-corrected chi connectivity index (χ0v) is 39.2. The van der Waals surface area contributed by atoms with Gasteiger partial charge in [0.2, 0.25) is 0 Å². The van der Waals surface area contributed by atoms with E-state index in [1.807, 2.05) is 25.1 Å². The zero-order valence-electron chi connectivity index (χ0n) is 39.2. The van der Waals surface area contributed by atoms with Gasteiger partial charge in [0, 0.05) is 23.4 Å². The van der Waals surface area contributed by atoms with E-state index in [0.717, 1.165) is 69.4 Å². The fourth-order valence-corrected chi connectivity index (χ4v) is 14.1. The molecule has 5 aliphatic rings. The van der Waals surface area contributed by atoms with Crippen molar-refractivity contribution in [3.05, 3.63) is 63.8 Å². The maximum atomic E-state index is 14.4. The molecule has 1 heterocycles. The van der Waals surface area contributed by atoms with Gasteiger partial charge in [0.05, 0.1) is 48.7 Å². The lowest BCUT2D eigenvalue weighted by Crippen LogP contribution is -2.66. The molecule has 1 aromatic heterocycles. The third-order valence-electron chi connectivity index (χ3n) is 17.5. The smallest absolute Gasteiger partial charge is 0.309 e. The number of fused-ring (bicyclic) bond motifs is 7. The molecule has 0 aromatic carbocycles. The standard InChI is InChI=1S/C50H77N3O7/c1-15-33(17-16-32(4)59-14)53-40(55)28-38(52(53)27-26-51(12)13)50-25-24-48(10)34(43(50)42(31(2)3)35(54)29-50)18-19-37-47(9)22-21-39(60-41(56)30-45(5,6)44(57)58)46(7,8)36(47)20-23-49(37,48)11/h15-17,28,31,34-37,39,54H,1,18-27,29-30H2,2-14H3,(H,57,58)/b32-16+,33-17+/t34?,35-,36-,37+,39-,47-,48+,49?,50-/m0/s1. The number of methoxy groups -OCH3 is 1. The summed E-state index contributed by atoms with van der Waals surface area (Å²) in [6.45, 7) is 27.3. The molecule has 334 valence electrons. The minimum atomic E-state index is -1.18. The highest BCUT2D eigenvalue weighted by molar-refractivity contribution is 5.81. The molecule has 9 atom stereocenters. The Morgan fingerprint density at radius 3 is 2.28 bits per heavy atom. The number of likely N-dealkylation sites (N-methyl/N-ethyl adjacent to an activating group) is 1. The predicted octanol–water partition coefficient (Wildman–Crippen LogP) is 9.23. The van der Waals surface area contributed by atoms with E-state index >= 15 is 0 Å².